The van der Waals surface area contributed by atoms with Crippen LogP contribution in [-0.2, 0) is 0 Å². The van der Waals surface area contributed by atoms with Crippen LogP contribution >= 0.6 is 46.4 Å². The Morgan fingerprint density at radius 3 is 1.25 bits per heavy atom. The molecule has 0 aliphatic carbocycles. The highest BCUT2D eigenvalue weighted by Crippen LogP contribution is 2.48. The van der Waals surface area contributed by atoms with Gasteiger partial charge in [0, 0.05) is 91.1 Å². The molecule has 0 aromatic heterocycles. The van der Waals surface area contributed by atoms with E-state index in [0.717, 1.165) is 40.9 Å². The number of aliphatic hydroxyl groups excluding tert-OH is 2. The number of hydrogen-bond donors (Lipinski definition) is 3. The van der Waals surface area contributed by atoms with E-state index in [9.17, 15) is 19.8 Å². The van der Waals surface area contributed by atoms with Gasteiger partial charge in [0.25, 0.3) is 0 Å². The molecule has 5 unspecified atom stereocenters. The highest BCUT2D eigenvalue weighted by Gasteiger charge is 2.47. The number of carbonyl (C=O) groups is 2. The molecule has 3 N–H and O–H groups in total. The van der Waals surface area contributed by atoms with E-state index in [4.69, 9.17) is 75.3 Å². The Balaban J connectivity index is 0.000000201. The predicted molar refractivity (Wildman–Crippen MR) is 327 cm³/mol. The molecule has 6 aromatic carbocycles. The number of halogens is 4. The molecule has 0 saturated carbocycles. The Labute approximate surface area is 505 Å². The molecule has 83 heavy (non-hydrogen) atoms. The number of rotatable bonds is 15. The fourth-order valence-electron chi connectivity index (χ4n) is 10.7. The fourth-order valence-corrected chi connectivity index (χ4v) is 11.2. The number of nitrogens with one attached hydrogen (secondary N) is 1. The van der Waals surface area contributed by atoms with E-state index in [1.54, 1.807) is 19.1 Å². The van der Waals surface area contributed by atoms with Gasteiger partial charge in [0.1, 0.15) is 46.8 Å². The molecule has 4 aliphatic heterocycles. The minimum atomic E-state index is -0.821. The Kier molecular flexibility index (Phi) is 20.5. The number of benzene rings is 6. The van der Waals surface area contributed by atoms with E-state index in [0.29, 0.717) is 106 Å². The minimum absolute atomic E-state index is 0.0886. The molecule has 16 nitrogen and oxygen atoms in total. The third-order valence-electron chi connectivity index (χ3n) is 14.7. The van der Waals surface area contributed by atoms with Crippen LogP contribution in [0.25, 0.3) is 0 Å². The number of aliphatic hydroxyl groups is 2. The highest BCUT2D eigenvalue weighted by molar-refractivity contribution is 6.31. The Morgan fingerprint density at radius 1 is 0.542 bits per heavy atom. The average molecular weight is 1210 g/mol. The summed E-state index contributed by atoms with van der Waals surface area (Å²) in [6.45, 7) is 12.6. The second kappa shape index (κ2) is 27.9. The standard InChI is InChI=1S/C33H38Cl2N4O5.C30H32Cl2N4O3/c1-21(2)44-29-18-27(43-3)12-13-28(29)32-36-30(22-4-8-24(34)9-5-22)31(23-6-10-25(35)11-7-23)39(32)33(42)38-16-14-37(15-17-38)19-26(41)20-40;1-19(2)39-26-18-24(38-3)12-13-25(26)29-34-27(20-4-8-22(31)9-5-20)28(21-6-10-23(32)11-7-21)36(29)30(37)35-16-14-33-15-17-35/h4-13,18,21,26,30-31,40-41H,14-17,19-20H2,1-3H3;4-13,18-19,27-28,33H,14-17H2,1-3H3. The van der Waals surface area contributed by atoms with E-state index in [2.05, 4.69) is 10.2 Å². The second-order valence-corrected chi connectivity index (χ2v) is 22.9. The minimum Gasteiger partial charge on any atom is -0.497 e. The molecule has 4 amide bonds. The molecule has 4 aliphatic rings. The zero-order valence-electron chi connectivity index (χ0n) is 47.3. The zero-order chi connectivity index (χ0) is 58.9. The lowest BCUT2D eigenvalue weighted by Gasteiger charge is -2.39. The third kappa shape index (κ3) is 14.5. The number of hydrogen-bond acceptors (Lipinski definition) is 12. The first kappa shape index (κ1) is 61.0. The number of nitrogens with zero attached hydrogens (tertiary/aromatic N) is 7. The number of aliphatic imine (C=N–C) groups is 2. The van der Waals surface area contributed by atoms with E-state index in [1.165, 1.54) is 0 Å². The summed E-state index contributed by atoms with van der Waals surface area (Å²) in [5.74, 6) is 3.50. The van der Waals surface area contributed by atoms with Crippen molar-refractivity contribution in [3.63, 3.8) is 0 Å². The van der Waals surface area contributed by atoms with Gasteiger partial charge in [-0.05, 0) is 123 Å². The fraction of sp³-hybridized carbons (Fsp3) is 0.365. The largest absolute Gasteiger partial charge is 0.497 e. The molecule has 10 rings (SSSR count). The van der Waals surface area contributed by atoms with Crippen molar-refractivity contribution in [2.45, 2.75) is 70.2 Å². The van der Waals surface area contributed by atoms with Crippen molar-refractivity contribution in [2.24, 2.45) is 9.98 Å². The first-order valence-electron chi connectivity index (χ1n) is 27.8. The maximum absolute atomic E-state index is 14.7. The molecular weight excluding hydrogens is 1140 g/mol. The van der Waals surface area contributed by atoms with Gasteiger partial charge in [0.2, 0.25) is 0 Å². The van der Waals surface area contributed by atoms with Crippen LogP contribution in [0.15, 0.2) is 143 Å². The highest BCUT2D eigenvalue weighted by atomic mass is 35.5. The summed E-state index contributed by atoms with van der Waals surface area (Å²) in [5, 5.41) is 25.0. The number of urea groups is 2. The normalized spacial score (nSPS) is 19.5. The molecule has 2 saturated heterocycles. The van der Waals surface area contributed by atoms with Crippen molar-refractivity contribution in [3.8, 4) is 23.0 Å². The first-order chi connectivity index (χ1) is 40.0. The molecular formula is C63H70Cl4N8O8. The van der Waals surface area contributed by atoms with Crippen LogP contribution in [0.4, 0.5) is 9.59 Å². The molecule has 0 radical (unpaired) electrons. The van der Waals surface area contributed by atoms with Gasteiger partial charge in [-0.25, -0.2) is 9.59 Å². The van der Waals surface area contributed by atoms with Gasteiger partial charge in [0.05, 0.1) is 62.3 Å². The van der Waals surface area contributed by atoms with Gasteiger partial charge < -0.3 is 44.3 Å². The summed E-state index contributed by atoms with van der Waals surface area (Å²) >= 11 is 25.1. The van der Waals surface area contributed by atoms with Crippen molar-refractivity contribution in [1.29, 1.82) is 0 Å². The van der Waals surface area contributed by atoms with Gasteiger partial charge in [0.15, 0.2) is 0 Å². The summed E-state index contributed by atoms with van der Waals surface area (Å²) in [7, 11) is 3.22. The number of ether oxygens (including phenoxy) is 4. The smallest absolute Gasteiger partial charge is 0.326 e. The van der Waals surface area contributed by atoms with Gasteiger partial charge in [-0.1, -0.05) is 94.9 Å². The van der Waals surface area contributed by atoms with Crippen LogP contribution in [0.5, 0.6) is 23.0 Å². The van der Waals surface area contributed by atoms with Crippen molar-refractivity contribution < 1.29 is 38.7 Å². The van der Waals surface area contributed by atoms with E-state index in [-0.39, 0.29) is 36.9 Å². The summed E-state index contributed by atoms with van der Waals surface area (Å²) < 4.78 is 23.5. The number of methoxy groups -OCH3 is 2. The van der Waals surface area contributed by atoms with Crippen molar-refractivity contribution in [1.82, 2.24) is 29.8 Å². The number of amidine groups is 2. The van der Waals surface area contributed by atoms with Crippen molar-refractivity contribution in [2.75, 3.05) is 79.7 Å². The molecule has 438 valence electrons. The summed E-state index contributed by atoms with van der Waals surface area (Å²) in [6, 6.07) is 39.5. The summed E-state index contributed by atoms with van der Waals surface area (Å²) in [4.78, 5) is 48.8. The lowest BCUT2D eigenvalue weighted by Crippen LogP contribution is -2.55. The Morgan fingerprint density at radius 2 is 0.904 bits per heavy atom. The quantitative estimate of drug-likeness (QED) is 0.0901. The second-order valence-electron chi connectivity index (χ2n) is 21.1. The van der Waals surface area contributed by atoms with Crippen LogP contribution in [-0.4, -0.2) is 156 Å². The lowest BCUT2D eigenvalue weighted by atomic mass is 9.93. The van der Waals surface area contributed by atoms with Gasteiger partial charge in [-0.2, -0.15) is 0 Å². The van der Waals surface area contributed by atoms with Crippen LogP contribution in [0.2, 0.25) is 20.1 Å². The van der Waals surface area contributed by atoms with Crippen molar-refractivity contribution >= 4 is 70.1 Å². The number of β-amino-alcohol motifs (C(OH)–C–C–N with tert-alkyl or cyclic N) is 1. The van der Waals surface area contributed by atoms with E-state index in [1.807, 2.05) is 176 Å². The molecule has 20 heteroatoms. The monoisotopic (exact) mass is 1210 g/mol. The molecule has 0 bridgehead atoms. The SMILES string of the molecule is COc1ccc(C2=NC(c3ccc(Cl)cc3)C(c3ccc(Cl)cc3)N2C(=O)N2CCN(CC(O)CO)CC2)c(OC(C)C)c1.COc1ccc(C2=NC(c3ccc(Cl)cc3)C(c3ccc(Cl)cc3)N2C(=O)N2CCNCC2)c(OC(C)C)c1. The third-order valence-corrected chi connectivity index (χ3v) is 15.7. The number of carbonyl (C=O) groups excluding carboxylic acids is 2. The summed E-state index contributed by atoms with van der Waals surface area (Å²) in [6.07, 6.45) is -1.04. The van der Waals surface area contributed by atoms with E-state index < -0.39 is 24.2 Å². The lowest BCUT2D eigenvalue weighted by molar-refractivity contribution is 0.0424. The molecule has 4 heterocycles. The topological polar surface area (TPSA) is 164 Å². The van der Waals surface area contributed by atoms with Crippen LogP contribution < -0.4 is 24.3 Å². The maximum Gasteiger partial charge on any atom is 0.326 e. The average Bonchev–Trinajstić information content (AvgIpc) is 4.04. The molecule has 2 fully saturated rings. The number of amides is 4. The Hall–Kier alpha value is -6.60. The van der Waals surface area contributed by atoms with Gasteiger partial charge in [-0.3, -0.25) is 24.7 Å². The molecule has 0 spiro atoms. The zero-order valence-corrected chi connectivity index (χ0v) is 50.3. The Bertz CT molecular complexity index is 3230. The summed E-state index contributed by atoms with van der Waals surface area (Å²) in [5.41, 5.74) is 5.07. The molecule has 6 aromatic rings. The van der Waals surface area contributed by atoms with Crippen LogP contribution in [0, 0.1) is 0 Å². The van der Waals surface area contributed by atoms with Gasteiger partial charge in [-0.15, -0.1) is 0 Å². The number of piperazine rings is 2. The van der Waals surface area contributed by atoms with Crippen LogP contribution in [0.1, 0.15) is 85.2 Å². The van der Waals surface area contributed by atoms with E-state index >= 15 is 0 Å². The van der Waals surface area contributed by atoms with Gasteiger partial charge >= 0.3 is 12.1 Å². The maximum atomic E-state index is 14.7. The predicted octanol–water partition coefficient (Wildman–Crippen LogP) is 11.8. The van der Waals surface area contributed by atoms with Crippen molar-refractivity contribution in [3.05, 3.63) is 187 Å². The molecule has 5 atom stereocenters. The van der Waals surface area contributed by atoms with Crippen LogP contribution in [0.3, 0.4) is 0 Å². The first-order valence-corrected chi connectivity index (χ1v) is 29.3.